The molecule has 0 heterocycles. The van der Waals surface area contributed by atoms with Gasteiger partial charge < -0.3 is 10.1 Å². The molecule has 1 amide bonds. The van der Waals surface area contributed by atoms with Crippen molar-refractivity contribution < 1.29 is 9.53 Å². The molecule has 0 aliphatic rings. The highest BCUT2D eigenvalue weighted by Crippen LogP contribution is 2.32. The molecule has 2 N–H and O–H groups in total. The first-order valence-electron chi connectivity index (χ1n) is 8.77. The average Bonchev–Trinajstić information content (AvgIpc) is 2.69. The standard InChI is InChI=1S/C22H19ClN2O2S/c1-2-27-20-14-16(12-13-17(20)15-8-4-3-5-9-15)24-22(28)25-21(26)18-10-6-7-11-19(18)23/h3-14H,2H2,1H3,(H2,24,25,26,28). The predicted octanol–water partition coefficient (Wildman–Crippen LogP) is 5.53. The van der Waals surface area contributed by atoms with Gasteiger partial charge in [-0.2, -0.15) is 0 Å². The lowest BCUT2D eigenvalue weighted by molar-refractivity contribution is 0.0978. The lowest BCUT2D eigenvalue weighted by Crippen LogP contribution is -2.34. The van der Waals surface area contributed by atoms with E-state index in [4.69, 9.17) is 28.6 Å². The quantitative estimate of drug-likeness (QED) is 0.543. The van der Waals surface area contributed by atoms with Crippen molar-refractivity contribution in [3.63, 3.8) is 0 Å². The molecule has 28 heavy (non-hydrogen) atoms. The number of hydrogen-bond acceptors (Lipinski definition) is 3. The Morgan fingerprint density at radius 3 is 2.46 bits per heavy atom. The summed E-state index contributed by atoms with van der Waals surface area (Å²) in [6.07, 6.45) is 0. The van der Waals surface area contributed by atoms with E-state index in [2.05, 4.69) is 10.6 Å². The maximum Gasteiger partial charge on any atom is 0.258 e. The third-order valence-electron chi connectivity index (χ3n) is 3.97. The predicted molar refractivity (Wildman–Crippen MR) is 118 cm³/mol. The van der Waals surface area contributed by atoms with Gasteiger partial charge in [-0.05, 0) is 49.0 Å². The van der Waals surface area contributed by atoms with Crippen LogP contribution in [-0.4, -0.2) is 17.6 Å². The van der Waals surface area contributed by atoms with E-state index >= 15 is 0 Å². The van der Waals surface area contributed by atoms with Crippen LogP contribution in [0.1, 0.15) is 17.3 Å². The van der Waals surface area contributed by atoms with Crippen LogP contribution in [0.15, 0.2) is 72.8 Å². The van der Waals surface area contributed by atoms with Crippen molar-refractivity contribution in [3.8, 4) is 16.9 Å². The van der Waals surface area contributed by atoms with Crippen molar-refractivity contribution in [2.75, 3.05) is 11.9 Å². The first-order chi connectivity index (χ1) is 13.6. The number of amides is 1. The second-order valence-electron chi connectivity index (χ2n) is 5.90. The van der Waals surface area contributed by atoms with Crippen molar-refractivity contribution in [1.82, 2.24) is 5.32 Å². The molecule has 0 spiro atoms. The Labute approximate surface area is 174 Å². The zero-order valence-corrected chi connectivity index (χ0v) is 16.8. The number of nitrogens with one attached hydrogen (secondary N) is 2. The summed E-state index contributed by atoms with van der Waals surface area (Å²) < 4.78 is 5.79. The average molecular weight is 411 g/mol. The van der Waals surface area contributed by atoms with E-state index in [1.54, 1.807) is 24.3 Å². The molecule has 3 aromatic rings. The van der Waals surface area contributed by atoms with Crippen molar-refractivity contribution >= 4 is 40.5 Å². The highest BCUT2D eigenvalue weighted by Gasteiger charge is 2.12. The van der Waals surface area contributed by atoms with Crippen LogP contribution in [0, 0.1) is 0 Å². The molecule has 3 aromatic carbocycles. The molecule has 0 fully saturated rings. The van der Waals surface area contributed by atoms with Crippen LogP contribution in [0.4, 0.5) is 5.69 Å². The topological polar surface area (TPSA) is 50.4 Å². The fourth-order valence-electron chi connectivity index (χ4n) is 2.71. The number of thiocarbonyl (C=S) groups is 1. The Balaban J connectivity index is 1.75. The monoisotopic (exact) mass is 410 g/mol. The van der Waals surface area contributed by atoms with Gasteiger partial charge in [0.05, 0.1) is 17.2 Å². The van der Waals surface area contributed by atoms with E-state index in [9.17, 15) is 4.79 Å². The highest BCUT2D eigenvalue weighted by atomic mass is 35.5. The Bertz CT molecular complexity index is 993. The Morgan fingerprint density at radius 1 is 1.04 bits per heavy atom. The van der Waals surface area contributed by atoms with Crippen molar-refractivity contribution in [3.05, 3.63) is 83.4 Å². The molecule has 142 valence electrons. The molecule has 0 aliphatic carbocycles. The molecule has 0 saturated carbocycles. The summed E-state index contributed by atoms with van der Waals surface area (Å²) in [5.41, 5.74) is 3.13. The molecule has 4 nitrogen and oxygen atoms in total. The Morgan fingerprint density at radius 2 is 1.75 bits per heavy atom. The first-order valence-corrected chi connectivity index (χ1v) is 9.56. The van der Waals surface area contributed by atoms with Crippen LogP contribution in [0.3, 0.4) is 0 Å². The molecule has 0 atom stereocenters. The molecule has 0 aliphatic heterocycles. The molecule has 0 radical (unpaired) electrons. The van der Waals surface area contributed by atoms with Gasteiger partial charge in [-0.15, -0.1) is 0 Å². The summed E-state index contributed by atoms with van der Waals surface area (Å²) in [7, 11) is 0. The van der Waals surface area contributed by atoms with Gasteiger partial charge >= 0.3 is 0 Å². The second-order valence-corrected chi connectivity index (χ2v) is 6.71. The molecule has 6 heteroatoms. The van der Waals surface area contributed by atoms with Gasteiger partial charge in [-0.3, -0.25) is 10.1 Å². The lowest BCUT2D eigenvalue weighted by Gasteiger charge is -2.14. The SMILES string of the molecule is CCOc1cc(NC(=S)NC(=O)c2ccccc2Cl)ccc1-c1ccccc1. The summed E-state index contributed by atoms with van der Waals surface area (Å²) in [5.74, 6) is 0.368. The number of anilines is 1. The number of hydrogen-bond donors (Lipinski definition) is 2. The van der Waals surface area contributed by atoms with Crippen LogP contribution >= 0.6 is 23.8 Å². The maximum absolute atomic E-state index is 12.3. The Kier molecular flexibility index (Phi) is 6.63. The minimum atomic E-state index is -0.367. The largest absolute Gasteiger partial charge is 0.493 e. The fourth-order valence-corrected chi connectivity index (χ4v) is 3.14. The van der Waals surface area contributed by atoms with Crippen LogP contribution in [-0.2, 0) is 0 Å². The summed E-state index contributed by atoms with van der Waals surface area (Å²) in [6.45, 7) is 2.47. The van der Waals surface area contributed by atoms with Crippen LogP contribution < -0.4 is 15.4 Å². The zero-order valence-electron chi connectivity index (χ0n) is 15.2. The minimum absolute atomic E-state index is 0.180. The highest BCUT2D eigenvalue weighted by molar-refractivity contribution is 7.80. The molecule has 0 aromatic heterocycles. The second kappa shape index (κ2) is 9.35. The van der Waals surface area contributed by atoms with Crippen molar-refractivity contribution in [1.29, 1.82) is 0 Å². The van der Waals surface area contributed by atoms with Gasteiger partial charge in [-0.25, -0.2) is 0 Å². The van der Waals surface area contributed by atoms with Crippen molar-refractivity contribution in [2.45, 2.75) is 6.92 Å². The van der Waals surface area contributed by atoms with E-state index in [-0.39, 0.29) is 11.0 Å². The van der Waals surface area contributed by atoms with Gasteiger partial charge in [-0.1, -0.05) is 54.1 Å². The lowest BCUT2D eigenvalue weighted by atomic mass is 10.0. The van der Waals surface area contributed by atoms with Crippen LogP contribution in [0.5, 0.6) is 5.75 Å². The van der Waals surface area contributed by atoms with Gasteiger partial charge in [0.1, 0.15) is 5.75 Å². The first kappa shape index (κ1) is 19.9. The van der Waals surface area contributed by atoms with Crippen molar-refractivity contribution in [2.24, 2.45) is 0 Å². The minimum Gasteiger partial charge on any atom is -0.493 e. The van der Waals surface area contributed by atoms with Crippen LogP contribution in [0.25, 0.3) is 11.1 Å². The smallest absolute Gasteiger partial charge is 0.258 e. The molecular formula is C22H19ClN2O2S. The van der Waals surface area contributed by atoms with E-state index in [1.807, 2.05) is 55.5 Å². The fraction of sp³-hybridized carbons (Fsp3) is 0.0909. The number of ether oxygens (including phenoxy) is 1. The molecule has 0 saturated heterocycles. The van der Waals surface area contributed by atoms with Gasteiger partial charge in [0, 0.05) is 17.3 Å². The summed E-state index contributed by atoms with van der Waals surface area (Å²) in [4.78, 5) is 12.3. The zero-order chi connectivity index (χ0) is 19.9. The summed E-state index contributed by atoms with van der Waals surface area (Å²) in [5, 5.41) is 6.20. The van der Waals surface area contributed by atoms with Gasteiger partial charge in [0.2, 0.25) is 0 Å². The molecule has 3 rings (SSSR count). The van der Waals surface area contributed by atoms with Gasteiger partial charge in [0.15, 0.2) is 5.11 Å². The number of benzene rings is 3. The Hall–Kier alpha value is -2.89. The molecule has 0 unspecified atom stereocenters. The van der Waals surface area contributed by atoms with E-state index in [1.165, 1.54) is 0 Å². The number of halogens is 1. The molecular weight excluding hydrogens is 392 g/mol. The third kappa shape index (κ3) is 4.88. The van der Waals surface area contributed by atoms with E-state index in [0.717, 1.165) is 16.9 Å². The number of carbonyl (C=O) groups is 1. The summed E-state index contributed by atoms with van der Waals surface area (Å²) in [6, 6.07) is 22.5. The number of carbonyl (C=O) groups excluding carboxylic acids is 1. The normalized spacial score (nSPS) is 10.2. The third-order valence-corrected chi connectivity index (χ3v) is 4.50. The van der Waals surface area contributed by atoms with Crippen LogP contribution in [0.2, 0.25) is 5.02 Å². The maximum atomic E-state index is 12.3. The van der Waals surface area contributed by atoms with E-state index in [0.29, 0.717) is 22.9 Å². The van der Waals surface area contributed by atoms with Gasteiger partial charge in [0.25, 0.3) is 5.91 Å². The molecule has 0 bridgehead atoms. The van der Waals surface area contributed by atoms with E-state index < -0.39 is 0 Å². The summed E-state index contributed by atoms with van der Waals surface area (Å²) >= 11 is 11.3. The number of rotatable bonds is 5.